The molecule has 52 valence electrons. The summed E-state index contributed by atoms with van der Waals surface area (Å²) < 4.78 is 9.45. The molecule has 2 N–H and O–H groups in total. The third-order valence-electron chi connectivity index (χ3n) is 1.25. The lowest BCUT2D eigenvalue weighted by Gasteiger charge is -1.73. The second-order valence-corrected chi connectivity index (χ2v) is 1.90. The highest BCUT2D eigenvalue weighted by atomic mass is 16.4. The molecule has 0 saturated carbocycles. The summed E-state index contributed by atoms with van der Waals surface area (Å²) in [7, 11) is 0. The van der Waals surface area contributed by atoms with Gasteiger partial charge in [-0.2, -0.15) is 0 Å². The first-order valence-electron chi connectivity index (χ1n) is 2.65. The fourth-order valence-electron chi connectivity index (χ4n) is 0.797. The van der Waals surface area contributed by atoms with Crippen LogP contribution in [0.2, 0.25) is 0 Å². The van der Waals surface area contributed by atoms with E-state index >= 15 is 0 Å². The Kier molecular flexibility index (Phi) is 0.768. The highest BCUT2D eigenvalue weighted by molar-refractivity contribution is 5.82. The summed E-state index contributed by atoms with van der Waals surface area (Å²) in [6.45, 7) is 0. The number of aromatic hydroxyl groups is 2. The predicted octanol–water partition coefficient (Wildman–Crippen LogP) is 1.44. The molecule has 2 aromatic rings. The monoisotopic (exact) mass is 140 g/mol. The molecule has 0 radical (unpaired) electrons. The first-order chi connectivity index (χ1) is 4.79. The first-order valence-corrected chi connectivity index (χ1v) is 2.65. The average molecular weight is 140 g/mol. The van der Waals surface area contributed by atoms with Crippen LogP contribution in [0.1, 0.15) is 0 Å². The van der Waals surface area contributed by atoms with Gasteiger partial charge in [-0.3, -0.25) is 0 Å². The molecule has 2 rings (SSSR count). The summed E-state index contributed by atoms with van der Waals surface area (Å²) in [4.78, 5) is 0. The van der Waals surface area contributed by atoms with Crippen LogP contribution in [0.25, 0.3) is 11.2 Å². The molecule has 0 aliphatic rings. The molecule has 0 spiro atoms. The van der Waals surface area contributed by atoms with E-state index in [0.29, 0.717) is 0 Å². The van der Waals surface area contributed by atoms with Crippen LogP contribution in [0.5, 0.6) is 11.5 Å². The summed E-state index contributed by atoms with van der Waals surface area (Å²) >= 11 is 0. The van der Waals surface area contributed by atoms with Crippen molar-refractivity contribution >= 4 is 11.2 Å². The Hall–Kier alpha value is -1.58. The molecule has 2 aromatic heterocycles. The minimum absolute atomic E-state index is 0.102. The van der Waals surface area contributed by atoms with Crippen molar-refractivity contribution in [2.75, 3.05) is 0 Å². The van der Waals surface area contributed by atoms with Crippen LogP contribution in [0.15, 0.2) is 21.4 Å². The topological polar surface area (TPSA) is 66.7 Å². The van der Waals surface area contributed by atoms with Crippen molar-refractivity contribution in [2.24, 2.45) is 0 Å². The van der Waals surface area contributed by atoms with E-state index in [4.69, 9.17) is 19.0 Å². The van der Waals surface area contributed by atoms with E-state index in [1.54, 1.807) is 0 Å². The average Bonchev–Trinajstić information content (AvgIpc) is 2.41. The molecule has 0 bridgehead atoms. The number of hydrogen-bond acceptors (Lipinski definition) is 4. The Labute approximate surface area is 55.3 Å². The van der Waals surface area contributed by atoms with Gasteiger partial charge >= 0.3 is 0 Å². The zero-order chi connectivity index (χ0) is 7.14. The zero-order valence-electron chi connectivity index (χ0n) is 4.87. The molecule has 0 unspecified atom stereocenters. The molecule has 4 nitrogen and oxygen atoms in total. The molecule has 0 aliphatic carbocycles. The van der Waals surface area contributed by atoms with Crippen molar-refractivity contribution < 1.29 is 19.0 Å². The van der Waals surface area contributed by atoms with Crippen LogP contribution < -0.4 is 0 Å². The largest absolute Gasteiger partial charge is 0.502 e. The predicted molar refractivity (Wildman–Crippen MR) is 31.8 cm³/mol. The second-order valence-electron chi connectivity index (χ2n) is 1.90. The molecular weight excluding hydrogens is 136 g/mol. The molecule has 0 aromatic carbocycles. The van der Waals surface area contributed by atoms with Gasteiger partial charge < -0.3 is 19.0 Å². The molecule has 4 heteroatoms. The second kappa shape index (κ2) is 1.47. The third-order valence-corrected chi connectivity index (χ3v) is 1.25. The van der Waals surface area contributed by atoms with Gasteiger partial charge in [-0.25, -0.2) is 0 Å². The molecule has 0 amide bonds. The van der Waals surface area contributed by atoms with Gasteiger partial charge in [0.2, 0.25) is 11.2 Å². The highest BCUT2D eigenvalue weighted by Crippen LogP contribution is 2.34. The lowest BCUT2D eigenvalue weighted by molar-refractivity contribution is 0.433. The summed E-state index contributed by atoms with van der Waals surface area (Å²) in [5, 5.41) is 17.9. The smallest absolute Gasteiger partial charge is 0.218 e. The van der Waals surface area contributed by atoms with E-state index < -0.39 is 0 Å². The standard InChI is InChI=1S/C6H4O4/c7-3-1-9-6-4(8)2-10-5(3)6/h1-2,7-8H. The maximum Gasteiger partial charge on any atom is 0.218 e. The molecule has 0 saturated heterocycles. The number of rotatable bonds is 0. The van der Waals surface area contributed by atoms with Gasteiger partial charge in [-0.05, 0) is 0 Å². The van der Waals surface area contributed by atoms with Gasteiger partial charge in [-0.15, -0.1) is 0 Å². The Morgan fingerprint density at radius 2 is 1.30 bits per heavy atom. The van der Waals surface area contributed by atoms with Crippen LogP contribution in [0.3, 0.4) is 0 Å². The van der Waals surface area contributed by atoms with Crippen molar-refractivity contribution in [1.29, 1.82) is 0 Å². The Balaban J connectivity index is 2.95. The summed E-state index contributed by atoms with van der Waals surface area (Å²) in [5.74, 6) is -0.203. The van der Waals surface area contributed by atoms with Crippen molar-refractivity contribution in [3.8, 4) is 11.5 Å². The van der Waals surface area contributed by atoms with E-state index in [-0.39, 0.29) is 22.7 Å². The minimum Gasteiger partial charge on any atom is -0.502 e. The minimum atomic E-state index is -0.102. The quantitative estimate of drug-likeness (QED) is 0.580. The lowest BCUT2D eigenvalue weighted by atomic mass is 10.5. The van der Waals surface area contributed by atoms with E-state index in [2.05, 4.69) is 0 Å². The van der Waals surface area contributed by atoms with E-state index in [0.717, 1.165) is 12.5 Å². The maximum atomic E-state index is 8.93. The first kappa shape index (κ1) is 5.22. The van der Waals surface area contributed by atoms with Gasteiger partial charge in [0.1, 0.15) is 12.5 Å². The third kappa shape index (κ3) is 0.452. The Morgan fingerprint density at radius 3 is 1.70 bits per heavy atom. The van der Waals surface area contributed by atoms with E-state index in [1.807, 2.05) is 0 Å². The zero-order valence-corrected chi connectivity index (χ0v) is 4.87. The Morgan fingerprint density at radius 1 is 0.900 bits per heavy atom. The van der Waals surface area contributed by atoms with Crippen LogP contribution in [0, 0.1) is 0 Å². The molecular formula is C6H4O4. The molecule has 0 atom stereocenters. The highest BCUT2D eigenvalue weighted by Gasteiger charge is 2.12. The summed E-state index contributed by atoms with van der Waals surface area (Å²) in [6.07, 6.45) is 2.21. The van der Waals surface area contributed by atoms with E-state index in [9.17, 15) is 0 Å². The van der Waals surface area contributed by atoms with Crippen LogP contribution in [-0.2, 0) is 0 Å². The van der Waals surface area contributed by atoms with Crippen molar-refractivity contribution in [3.63, 3.8) is 0 Å². The van der Waals surface area contributed by atoms with Crippen molar-refractivity contribution in [1.82, 2.24) is 0 Å². The number of furan rings is 2. The molecule has 10 heavy (non-hydrogen) atoms. The molecule has 0 aliphatic heterocycles. The SMILES string of the molecule is Oc1coc2c(O)coc12. The maximum absolute atomic E-state index is 8.93. The van der Waals surface area contributed by atoms with Gasteiger partial charge in [0.25, 0.3) is 0 Å². The fourth-order valence-corrected chi connectivity index (χ4v) is 0.797. The van der Waals surface area contributed by atoms with Gasteiger partial charge in [0.05, 0.1) is 0 Å². The molecule has 0 fully saturated rings. The van der Waals surface area contributed by atoms with Gasteiger partial charge in [0, 0.05) is 0 Å². The number of fused-ring (bicyclic) bond motifs is 1. The van der Waals surface area contributed by atoms with Crippen LogP contribution in [-0.4, -0.2) is 10.2 Å². The van der Waals surface area contributed by atoms with Crippen molar-refractivity contribution in [3.05, 3.63) is 12.5 Å². The van der Waals surface area contributed by atoms with Crippen molar-refractivity contribution in [2.45, 2.75) is 0 Å². The van der Waals surface area contributed by atoms with E-state index in [1.165, 1.54) is 0 Å². The Bertz CT molecular complexity index is 321. The van der Waals surface area contributed by atoms with Crippen LogP contribution >= 0.6 is 0 Å². The van der Waals surface area contributed by atoms with Gasteiger partial charge in [0.15, 0.2) is 11.5 Å². The normalized spacial score (nSPS) is 10.8. The van der Waals surface area contributed by atoms with Gasteiger partial charge in [-0.1, -0.05) is 0 Å². The van der Waals surface area contributed by atoms with Crippen LogP contribution in [0.4, 0.5) is 0 Å². The fraction of sp³-hybridized carbons (Fsp3) is 0. The lowest BCUT2D eigenvalue weighted by Crippen LogP contribution is -1.50. The summed E-state index contributed by atoms with van der Waals surface area (Å²) in [6, 6.07) is 0. The summed E-state index contributed by atoms with van der Waals surface area (Å²) in [5.41, 5.74) is 0.356. The number of hydrogen-bond donors (Lipinski definition) is 2. The molecule has 2 heterocycles.